The van der Waals surface area contributed by atoms with Gasteiger partial charge in [0.05, 0.1) is 6.20 Å². The van der Waals surface area contributed by atoms with Crippen molar-refractivity contribution in [3.05, 3.63) is 52.8 Å². The number of carbonyl (C=O) groups is 1. The van der Waals surface area contributed by atoms with E-state index in [2.05, 4.69) is 48.3 Å². The second kappa shape index (κ2) is 5.52. The summed E-state index contributed by atoms with van der Waals surface area (Å²) in [5.74, 6) is 1.45. The molecule has 2 aliphatic rings. The quantitative estimate of drug-likeness (QED) is 0.946. The fraction of sp³-hybridized carbons (Fsp3) is 0.474. The number of carbonyl (C=O) groups excluding carboxylic acids is 1. The lowest BCUT2D eigenvalue weighted by molar-refractivity contribution is -0.133. The smallest absolute Gasteiger partial charge is 0.226 e. The van der Waals surface area contributed by atoms with Crippen LogP contribution in [0.4, 0.5) is 0 Å². The second-order valence-electron chi connectivity index (χ2n) is 7.15. The highest BCUT2D eigenvalue weighted by Gasteiger charge is 2.46. The molecule has 1 aliphatic carbocycles. The molecule has 2 heterocycles. The minimum absolute atomic E-state index is 0.174. The van der Waals surface area contributed by atoms with E-state index >= 15 is 0 Å². The minimum atomic E-state index is 0.174. The largest absolute Gasteiger partial charge is 0.338 e. The zero-order chi connectivity index (χ0) is 16.0. The molecule has 1 aromatic carbocycles. The van der Waals surface area contributed by atoms with Crippen LogP contribution in [0.15, 0.2) is 30.5 Å². The van der Waals surface area contributed by atoms with Gasteiger partial charge in [-0.2, -0.15) is 5.10 Å². The molecule has 1 aliphatic heterocycles. The van der Waals surface area contributed by atoms with Gasteiger partial charge in [-0.3, -0.25) is 9.89 Å². The van der Waals surface area contributed by atoms with Crippen molar-refractivity contribution in [3.8, 4) is 0 Å². The van der Waals surface area contributed by atoms with Crippen molar-refractivity contribution in [2.24, 2.45) is 5.92 Å². The number of fused-ring (bicyclic) bond motifs is 1. The number of nitrogens with one attached hydrogen (secondary N) is 1. The molecule has 1 amide bonds. The van der Waals surface area contributed by atoms with Crippen LogP contribution in [0, 0.1) is 5.92 Å². The lowest BCUT2D eigenvalue weighted by atomic mass is 9.99. The van der Waals surface area contributed by atoms with Gasteiger partial charge >= 0.3 is 0 Å². The van der Waals surface area contributed by atoms with Crippen LogP contribution in [0.2, 0.25) is 0 Å². The monoisotopic (exact) mass is 309 g/mol. The van der Waals surface area contributed by atoms with Crippen LogP contribution in [0.25, 0.3) is 0 Å². The fourth-order valence-corrected chi connectivity index (χ4v) is 3.61. The lowest BCUT2D eigenvalue weighted by Crippen LogP contribution is -2.36. The van der Waals surface area contributed by atoms with Gasteiger partial charge < -0.3 is 4.90 Å². The number of aromatic amines is 1. The molecule has 0 bridgehead atoms. The summed E-state index contributed by atoms with van der Waals surface area (Å²) in [6.45, 7) is 5.93. The molecule has 2 unspecified atom stereocenters. The second-order valence-corrected chi connectivity index (χ2v) is 7.15. The van der Waals surface area contributed by atoms with Gasteiger partial charge in [0.1, 0.15) is 0 Å². The van der Waals surface area contributed by atoms with Gasteiger partial charge in [-0.05, 0) is 29.4 Å². The van der Waals surface area contributed by atoms with E-state index in [1.54, 1.807) is 0 Å². The van der Waals surface area contributed by atoms with Gasteiger partial charge in [-0.15, -0.1) is 0 Å². The molecular formula is C19H23N3O. The number of amides is 1. The van der Waals surface area contributed by atoms with Gasteiger partial charge in [0.15, 0.2) is 0 Å². The minimum Gasteiger partial charge on any atom is -0.338 e. The first kappa shape index (κ1) is 14.5. The molecule has 2 atom stereocenters. The van der Waals surface area contributed by atoms with E-state index in [1.165, 1.54) is 22.4 Å². The number of benzene rings is 1. The Kier molecular flexibility index (Phi) is 3.47. The predicted molar refractivity (Wildman–Crippen MR) is 89.1 cm³/mol. The molecular weight excluding hydrogens is 286 g/mol. The summed E-state index contributed by atoms with van der Waals surface area (Å²) in [7, 11) is 0. The number of hydrogen-bond donors (Lipinski definition) is 1. The SMILES string of the molecule is CC(C)c1ccc(C2CC2C(=O)N2CCc3[nH]ncc3C2)cc1. The highest BCUT2D eigenvalue weighted by atomic mass is 16.2. The Morgan fingerprint density at radius 1 is 1.30 bits per heavy atom. The van der Waals surface area contributed by atoms with E-state index in [4.69, 9.17) is 0 Å². The maximum atomic E-state index is 12.7. The molecule has 4 heteroatoms. The van der Waals surface area contributed by atoms with Crippen LogP contribution in [0.5, 0.6) is 0 Å². The lowest BCUT2D eigenvalue weighted by Gasteiger charge is -2.26. The van der Waals surface area contributed by atoms with Crippen LogP contribution >= 0.6 is 0 Å². The van der Waals surface area contributed by atoms with E-state index < -0.39 is 0 Å². The Balaban J connectivity index is 1.42. The molecule has 4 rings (SSSR count). The summed E-state index contributed by atoms with van der Waals surface area (Å²) < 4.78 is 0. The van der Waals surface area contributed by atoms with E-state index in [-0.39, 0.29) is 5.92 Å². The Morgan fingerprint density at radius 3 is 2.83 bits per heavy atom. The first-order valence-electron chi connectivity index (χ1n) is 8.53. The summed E-state index contributed by atoms with van der Waals surface area (Å²) in [4.78, 5) is 14.8. The standard InChI is InChI=1S/C19H23N3O/c1-12(2)13-3-5-14(6-4-13)16-9-17(16)19(23)22-8-7-18-15(11-22)10-20-21-18/h3-6,10,12,16-17H,7-9,11H2,1-2H3,(H,20,21). The number of rotatable bonds is 3. The van der Waals surface area contributed by atoms with Gasteiger partial charge in [-0.1, -0.05) is 38.1 Å². The average Bonchev–Trinajstić information content (AvgIpc) is 3.23. The third kappa shape index (κ3) is 2.67. The van der Waals surface area contributed by atoms with Gasteiger partial charge in [0, 0.05) is 36.7 Å². The van der Waals surface area contributed by atoms with Crippen LogP contribution in [0.1, 0.15) is 54.5 Å². The van der Waals surface area contributed by atoms with Gasteiger partial charge in [0.25, 0.3) is 0 Å². The van der Waals surface area contributed by atoms with Crippen LogP contribution in [-0.4, -0.2) is 27.5 Å². The number of hydrogen-bond acceptors (Lipinski definition) is 2. The first-order chi connectivity index (χ1) is 11.1. The Morgan fingerprint density at radius 2 is 2.09 bits per heavy atom. The Bertz CT molecular complexity index is 716. The van der Waals surface area contributed by atoms with Crippen LogP contribution < -0.4 is 0 Å². The predicted octanol–water partition coefficient (Wildman–Crippen LogP) is 3.22. The van der Waals surface area contributed by atoms with Crippen molar-refractivity contribution in [1.29, 1.82) is 0 Å². The number of nitrogens with zero attached hydrogens (tertiary/aromatic N) is 2. The molecule has 4 nitrogen and oxygen atoms in total. The molecule has 1 N–H and O–H groups in total. The molecule has 1 saturated carbocycles. The van der Waals surface area contributed by atoms with Crippen molar-refractivity contribution in [3.63, 3.8) is 0 Å². The van der Waals surface area contributed by atoms with Crippen molar-refractivity contribution in [2.75, 3.05) is 6.54 Å². The molecule has 1 fully saturated rings. The average molecular weight is 309 g/mol. The summed E-state index contributed by atoms with van der Waals surface area (Å²) in [5, 5.41) is 7.10. The maximum Gasteiger partial charge on any atom is 0.226 e. The molecule has 23 heavy (non-hydrogen) atoms. The fourth-order valence-electron chi connectivity index (χ4n) is 3.61. The summed E-state index contributed by atoms with van der Waals surface area (Å²) in [6.07, 6.45) is 3.74. The normalized spacial score (nSPS) is 23.0. The zero-order valence-corrected chi connectivity index (χ0v) is 13.7. The van der Waals surface area contributed by atoms with E-state index in [1.807, 2.05) is 11.1 Å². The summed E-state index contributed by atoms with van der Waals surface area (Å²) in [6, 6.07) is 8.83. The molecule has 1 aromatic heterocycles. The van der Waals surface area contributed by atoms with E-state index in [0.717, 1.165) is 19.4 Å². The van der Waals surface area contributed by atoms with Crippen molar-refractivity contribution in [1.82, 2.24) is 15.1 Å². The topological polar surface area (TPSA) is 49.0 Å². The van der Waals surface area contributed by atoms with Crippen molar-refractivity contribution < 1.29 is 4.79 Å². The highest BCUT2D eigenvalue weighted by molar-refractivity contribution is 5.83. The summed E-state index contributed by atoms with van der Waals surface area (Å²) >= 11 is 0. The summed E-state index contributed by atoms with van der Waals surface area (Å²) in [5.41, 5.74) is 5.03. The number of H-pyrrole nitrogens is 1. The third-order valence-electron chi connectivity index (χ3n) is 5.25. The molecule has 0 spiro atoms. The maximum absolute atomic E-state index is 12.7. The molecule has 0 saturated heterocycles. The Labute approximate surface area is 136 Å². The van der Waals surface area contributed by atoms with Crippen molar-refractivity contribution in [2.45, 2.75) is 45.1 Å². The van der Waals surface area contributed by atoms with Crippen LogP contribution in [0.3, 0.4) is 0 Å². The Hall–Kier alpha value is -2.10. The van der Waals surface area contributed by atoms with Gasteiger partial charge in [0.2, 0.25) is 5.91 Å². The molecule has 2 aromatic rings. The first-order valence-corrected chi connectivity index (χ1v) is 8.53. The van der Waals surface area contributed by atoms with Gasteiger partial charge in [-0.25, -0.2) is 0 Å². The number of aromatic nitrogens is 2. The molecule has 0 radical (unpaired) electrons. The highest BCUT2D eigenvalue weighted by Crippen LogP contribution is 2.49. The third-order valence-corrected chi connectivity index (χ3v) is 5.25. The zero-order valence-electron chi connectivity index (χ0n) is 13.7. The van der Waals surface area contributed by atoms with Crippen LogP contribution in [-0.2, 0) is 17.8 Å². The van der Waals surface area contributed by atoms with E-state index in [0.29, 0.717) is 24.3 Å². The molecule has 120 valence electrons. The van der Waals surface area contributed by atoms with Crippen molar-refractivity contribution >= 4 is 5.91 Å². The van der Waals surface area contributed by atoms with E-state index in [9.17, 15) is 4.79 Å².